The van der Waals surface area contributed by atoms with Crippen LogP contribution in [-0.2, 0) is 13.0 Å². The quantitative estimate of drug-likeness (QED) is 0.870. The van der Waals surface area contributed by atoms with Gasteiger partial charge in [0.1, 0.15) is 5.01 Å². The summed E-state index contributed by atoms with van der Waals surface area (Å²) in [6, 6.07) is 0. The molecule has 2 heterocycles. The summed E-state index contributed by atoms with van der Waals surface area (Å²) < 4.78 is 13.3. The second-order valence-corrected chi connectivity index (χ2v) is 4.80. The Morgan fingerprint density at radius 1 is 1.41 bits per heavy atom. The molecule has 0 aliphatic heterocycles. The highest BCUT2D eigenvalue weighted by atomic mass is 35.5. The third-order valence-corrected chi connectivity index (χ3v) is 3.40. The van der Waals surface area contributed by atoms with Gasteiger partial charge in [-0.1, -0.05) is 6.92 Å². The number of hydrogen-bond donors (Lipinski definition) is 1. The number of thiazole rings is 1. The number of aryl methyl sites for hydroxylation is 1. The molecule has 7 heteroatoms. The largest absolute Gasteiger partial charge is 0.361 e. The van der Waals surface area contributed by atoms with Crippen LogP contribution in [0.1, 0.15) is 16.8 Å². The number of nitrogens with zero attached hydrogens (tertiary/aromatic N) is 3. The molecule has 2 rings (SSSR count). The van der Waals surface area contributed by atoms with Gasteiger partial charge in [0.25, 0.3) is 0 Å². The van der Waals surface area contributed by atoms with E-state index in [0.29, 0.717) is 6.54 Å². The molecule has 0 aliphatic rings. The van der Waals surface area contributed by atoms with E-state index in [4.69, 9.17) is 11.6 Å². The van der Waals surface area contributed by atoms with Crippen LogP contribution in [0.25, 0.3) is 0 Å². The molecule has 0 saturated heterocycles. The van der Waals surface area contributed by atoms with Crippen LogP contribution in [0.2, 0.25) is 5.28 Å². The summed E-state index contributed by atoms with van der Waals surface area (Å²) in [7, 11) is 0. The fraction of sp³-hybridized carbons (Fsp3) is 0.300. The van der Waals surface area contributed by atoms with Crippen LogP contribution in [0.15, 0.2) is 12.4 Å². The third-order valence-electron chi connectivity index (χ3n) is 2.07. The van der Waals surface area contributed by atoms with E-state index in [1.807, 2.05) is 6.20 Å². The smallest absolute Gasteiger partial charge is 0.224 e. The second kappa shape index (κ2) is 5.37. The Hall–Kier alpha value is -1.27. The number of rotatable bonds is 4. The molecule has 2 aromatic rings. The first-order chi connectivity index (χ1) is 8.19. The molecule has 0 saturated carbocycles. The monoisotopic (exact) mass is 272 g/mol. The van der Waals surface area contributed by atoms with E-state index < -0.39 is 5.82 Å². The van der Waals surface area contributed by atoms with Gasteiger partial charge in [0.15, 0.2) is 11.6 Å². The van der Waals surface area contributed by atoms with Crippen LogP contribution in [-0.4, -0.2) is 15.0 Å². The van der Waals surface area contributed by atoms with Crippen LogP contribution in [0, 0.1) is 5.82 Å². The van der Waals surface area contributed by atoms with E-state index in [-0.39, 0.29) is 11.1 Å². The fourth-order valence-corrected chi connectivity index (χ4v) is 2.16. The van der Waals surface area contributed by atoms with Crippen LogP contribution >= 0.6 is 22.9 Å². The minimum atomic E-state index is -0.526. The van der Waals surface area contributed by atoms with Crippen molar-refractivity contribution in [2.24, 2.45) is 0 Å². The first kappa shape index (κ1) is 12.2. The van der Waals surface area contributed by atoms with E-state index in [9.17, 15) is 4.39 Å². The number of aromatic nitrogens is 3. The predicted molar refractivity (Wildman–Crippen MR) is 65.8 cm³/mol. The molecule has 1 N–H and O–H groups in total. The molecule has 0 amide bonds. The van der Waals surface area contributed by atoms with Gasteiger partial charge in [-0.05, 0) is 18.0 Å². The lowest BCUT2D eigenvalue weighted by Crippen LogP contribution is -2.04. The highest BCUT2D eigenvalue weighted by Crippen LogP contribution is 2.16. The molecule has 90 valence electrons. The van der Waals surface area contributed by atoms with Crippen molar-refractivity contribution in [2.75, 3.05) is 5.32 Å². The molecule has 4 nitrogen and oxygen atoms in total. The summed E-state index contributed by atoms with van der Waals surface area (Å²) in [5, 5.41) is 3.75. The minimum Gasteiger partial charge on any atom is -0.361 e. The molecule has 17 heavy (non-hydrogen) atoms. The Morgan fingerprint density at radius 3 is 2.94 bits per heavy atom. The summed E-state index contributed by atoms with van der Waals surface area (Å²) in [4.78, 5) is 12.7. The topological polar surface area (TPSA) is 50.7 Å². The lowest BCUT2D eigenvalue weighted by Gasteiger charge is -2.03. The summed E-state index contributed by atoms with van der Waals surface area (Å²) in [5.41, 5.74) is 0. The van der Waals surface area contributed by atoms with Gasteiger partial charge in [-0.2, -0.15) is 4.98 Å². The number of hydrogen-bond acceptors (Lipinski definition) is 5. The maximum absolute atomic E-state index is 13.3. The molecule has 0 fully saturated rings. The zero-order chi connectivity index (χ0) is 12.3. The first-order valence-corrected chi connectivity index (χ1v) is 6.24. The van der Waals surface area contributed by atoms with Crippen molar-refractivity contribution in [1.29, 1.82) is 0 Å². The average molecular weight is 273 g/mol. The third kappa shape index (κ3) is 3.10. The molecule has 0 aliphatic carbocycles. The molecule has 0 bridgehead atoms. The van der Waals surface area contributed by atoms with Crippen molar-refractivity contribution < 1.29 is 4.39 Å². The molecule has 0 atom stereocenters. The van der Waals surface area contributed by atoms with E-state index >= 15 is 0 Å². The lowest BCUT2D eigenvalue weighted by molar-refractivity contribution is 0.616. The number of anilines is 1. The highest BCUT2D eigenvalue weighted by Gasteiger charge is 2.06. The van der Waals surface area contributed by atoms with E-state index in [1.54, 1.807) is 11.3 Å². The maximum atomic E-state index is 13.3. The van der Waals surface area contributed by atoms with Gasteiger partial charge in [-0.15, -0.1) is 11.3 Å². The summed E-state index contributed by atoms with van der Waals surface area (Å²) in [6.07, 6.45) is 3.81. The lowest BCUT2D eigenvalue weighted by atomic mass is 10.4. The minimum absolute atomic E-state index is 0.0160. The Morgan fingerprint density at radius 2 is 2.24 bits per heavy atom. The Bertz CT molecular complexity index is 517. The van der Waals surface area contributed by atoms with Gasteiger partial charge < -0.3 is 5.32 Å². The zero-order valence-electron chi connectivity index (χ0n) is 9.07. The SMILES string of the molecule is CCc1cnc(CNc2nc(Cl)ncc2F)s1. The maximum Gasteiger partial charge on any atom is 0.224 e. The highest BCUT2D eigenvalue weighted by molar-refractivity contribution is 7.11. The van der Waals surface area contributed by atoms with Crippen LogP contribution in [0.3, 0.4) is 0 Å². The molecule has 0 aromatic carbocycles. The number of halogens is 2. The van der Waals surface area contributed by atoms with Crippen molar-refractivity contribution in [3.05, 3.63) is 33.4 Å². The summed E-state index contributed by atoms with van der Waals surface area (Å²) >= 11 is 7.17. The predicted octanol–water partition coefficient (Wildman–Crippen LogP) is 2.90. The molecule has 0 spiro atoms. The summed E-state index contributed by atoms with van der Waals surface area (Å²) in [5.74, 6) is -0.431. The standard InChI is InChI=1S/C10H10ClFN4S/c1-2-6-3-13-8(17-6)5-14-9-7(12)4-15-10(11)16-9/h3-4H,2,5H2,1H3,(H,14,15,16). The Labute approximate surface area is 107 Å². The van der Waals surface area contributed by atoms with Gasteiger partial charge in [0.2, 0.25) is 5.28 Å². The van der Waals surface area contributed by atoms with Crippen LogP contribution in [0.4, 0.5) is 10.2 Å². The van der Waals surface area contributed by atoms with Crippen LogP contribution in [0.5, 0.6) is 0 Å². The normalized spacial score (nSPS) is 10.5. The first-order valence-electron chi connectivity index (χ1n) is 5.04. The van der Waals surface area contributed by atoms with E-state index in [1.165, 1.54) is 4.88 Å². The molecular weight excluding hydrogens is 263 g/mol. The van der Waals surface area contributed by atoms with Crippen LogP contribution < -0.4 is 5.32 Å². The summed E-state index contributed by atoms with van der Waals surface area (Å²) in [6.45, 7) is 2.49. The zero-order valence-corrected chi connectivity index (χ0v) is 10.6. The van der Waals surface area contributed by atoms with Crippen molar-refractivity contribution in [3.63, 3.8) is 0 Å². The average Bonchev–Trinajstić information content (AvgIpc) is 2.78. The fourth-order valence-electron chi connectivity index (χ4n) is 1.22. The molecular formula is C10H10ClFN4S. The van der Waals surface area contributed by atoms with E-state index in [0.717, 1.165) is 17.6 Å². The van der Waals surface area contributed by atoms with Crippen molar-refractivity contribution in [2.45, 2.75) is 19.9 Å². The Balaban J connectivity index is 2.04. The van der Waals surface area contributed by atoms with Gasteiger partial charge in [-0.3, -0.25) is 0 Å². The van der Waals surface area contributed by atoms with Crippen molar-refractivity contribution in [3.8, 4) is 0 Å². The van der Waals surface area contributed by atoms with Gasteiger partial charge in [-0.25, -0.2) is 14.4 Å². The molecule has 0 unspecified atom stereocenters. The molecule has 0 radical (unpaired) electrons. The van der Waals surface area contributed by atoms with Crippen molar-refractivity contribution >= 4 is 28.8 Å². The van der Waals surface area contributed by atoms with Gasteiger partial charge >= 0.3 is 0 Å². The van der Waals surface area contributed by atoms with E-state index in [2.05, 4.69) is 27.2 Å². The second-order valence-electron chi connectivity index (χ2n) is 3.26. The Kier molecular flexibility index (Phi) is 3.86. The van der Waals surface area contributed by atoms with Crippen molar-refractivity contribution in [1.82, 2.24) is 15.0 Å². The number of nitrogens with one attached hydrogen (secondary N) is 1. The van der Waals surface area contributed by atoms with Gasteiger partial charge in [0.05, 0.1) is 12.7 Å². The molecule has 2 aromatic heterocycles. The van der Waals surface area contributed by atoms with Gasteiger partial charge in [0, 0.05) is 11.1 Å².